The van der Waals surface area contributed by atoms with Gasteiger partial charge in [0.05, 0.1) is 0 Å². The van der Waals surface area contributed by atoms with Gasteiger partial charge in [-0.15, -0.1) is 0 Å². The molecular weight excluding hydrogens is 270 g/mol. The van der Waals surface area contributed by atoms with E-state index >= 15 is 0 Å². The Labute approximate surface area is 129 Å². The van der Waals surface area contributed by atoms with E-state index in [4.69, 9.17) is 0 Å². The lowest BCUT2D eigenvalue weighted by molar-refractivity contribution is 0.105. The lowest BCUT2D eigenvalue weighted by Crippen LogP contribution is -2.02. The number of pyridine rings is 1. The minimum atomic E-state index is 0.0172. The molecule has 0 N–H and O–H groups in total. The number of hydrogen-bond acceptors (Lipinski definition) is 2. The fraction of sp³-hybridized carbons (Fsp3) is 0. The van der Waals surface area contributed by atoms with Gasteiger partial charge < -0.3 is 0 Å². The molecule has 0 saturated heterocycles. The molecule has 0 aliphatic carbocycles. The van der Waals surface area contributed by atoms with Crippen LogP contribution in [0.1, 0.15) is 21.5 Å². The Bertz CT molecular complexity index is 778. The highest BCUT2D eigenvalue weighted by Gasteiger charge is 2.13. The van der Waals surface area contributed by atoms with Gasteiger partial charge in [0.1, 0.15) is 0 Å². The van der Waals surface area contributed by atoms with Gasteiger partial charge in [-0.1, -0.05) is 60.7 Å². The molecule has 0 spiro atoms. The summed E-state index contributed by atoms with van der Waals surface area (Å²) in [5.74, 6) is 0.0172. The van der Waals surface area contributed by atoms with Crippen molar-refractivity contribution in [3.8, 4) is 0 Å². The molecule has 2 heteroatoms. The van der Waals surface area contributed by atoms with Crippen molar-refractivity contribution in [1.82, 2.24) is 4.98 Å². The Morgan fingerprint density at radius 2 is 1.27 bits per heavy atom. The van der Waals surface area contributed by atoms with E-state index in [0.29, 0.717) is 11.1 Å². The van der Waals surface area contributed by atoms with Crippen molar-refractivity contribution in [3.05, 3.63) is 102 Å². The second-order valence-corrected chi connectivity index (χ2v) is 4.90. The first kappa shape index (κ1) is 14.0. The average Bonchev–Trinajstić information content (AvgIpc) is 2.61. The standard InChI is InChI=1S/C20H15NO/c22-20(18-9-5-2-6-10-18)19(17-7-3-1-4-8-17)15-16-11-13-21-14-12-16/h1-15H. The summed E-state index contributed by atoms with van der Waals surface area (Å²) in [6.45, 7) is 0. The fourth-order valence-corrected chi connectivity index (χ4v) is 2.27. The van der Waals surface area contributed by atoms with Gasteiger partial charge in [0, 0.05) is 23.5 Å². The number of allylic oxidation sites excluding steroid dienone is 1. The van der Waals surface area contributed by atoms with Gasteiger partial charge in [0.15, 0.2) is 5.78 Å². The SMILES string of the molecule is O=C(C(=Cc1ccncc1)c1ccccc1)c1ccccc1. The van der Waals surface area contributed by atoms with Crippen LogP contribution in [0.2, 0.25) is 0 Å². The van der Waals surface area contributed by atoms with Crippen LogP contribution in [-0.2, 0) is 0 Å². The van der Waals surface area contributed by atoms with Gasteiger partial charge in [-0.2, -0.15) is 0 Å². The summed E-state index contributed by atoms with van der Waals surface area (Å²) < 4.78 is 0. The van der Waals surface area contributed by atoms with E-state index < -0.39 is 0 Å². The van der Waals surface area contributed by atoms with Gasteiger partial charge in [-0.05, 0) is 29.3 Å². The van der Waals surface area contributed by atoms with E-state index in [2.05, 4.69) is 4.98 Å². The normalized spacial score (nSPS) is 11.2. The van der Waals surface area contributed by atoms with E-state index in [9.17, 15) is 4.79 Å². The highest BCUT2D eigenvalue weighted by Crippen LogP contribution is 2.22. The molecule has 1 heterocycles. The largest absolute Gasteiger partial charge is 0.289 e. The Kier molecular flexibility index (Phi) is 4.21. The second-order valence-electron chi connectivity index (χ2n) is 4.90. The summed E-state index contributed by atoms with van der Waals surface area (Å²) in [4.78, 5) is 16.9. The Hall–Kier alpha value is -3.00. The van der Waals surface area contributed by atoms with Crippen molar-refractivity contribution in [3.63, 3.8) is 0 Å². The van der Waals surface area contributed by atoms with Crippen molar-refractivity contribution in [2.45, 2.75) is 0 Å². The summed E-state index contributed by atoms with van der Waals surface area (Å²) in [5, 5.41) is 0. The summed E-state index contributed by atoms with van der Waals surface area (Å²) >= 11 is 0. The molecule has 0 aliphatic heterocycles. The van der Waals surface area contributed by atoms with E-state index in [1.807, 2.05) is 78.9 Å². The Morgan fingerprint density at radius 3 is 1.86 bits per heavy atom. The number of Topliss-reactive ketones (excluding diaryl/α,β-unsaturated/α-hetero) is 1. The minimum absolute atomic E-state index is 0.0172. The zero-order valence-electron chi connectivity index (χ0n) is 12.0. The van der Waals surface area contributed by atoms with Crippen molar-refractivity contribution >= 4 is 17.4 Å². The summed E-state index contributed by atoms with van der Waals surface area (Å²) in [6, 6.07) is 22.8. The number of carbonyl (C=O) groups excluding carboxylic acids is 1. The van der Waals surface area contributed by atoms with Gasteiger partial charge in [0.2, 0.25) is 0 Å². The smallest absolute Gasteiger partial charge is 0.193 e. The molecule has 2 aromatic carbocycles. The molecule has 0 radical (unpaired) electrons. The topological polar surface area (TPSA) is 30.0 Å². The Balaban J connectivity index is 2.08. The first-order valence-electron chi connectivity index (χ1n) is 7.11. The van der Waals surface area contributed by atoms with Crippen LogP contribution < -0.4 is 0 Å². The second kappa shape index (κ2) is 6.64. The van der Waals surface area contributed by atoms with Crippen molar-refractivity contribution in [1.29, 1.82) is 0 Å². The molecule has 3 aromatic rings. The monoisotopic (exact) mass is 285 g/mol. The molecule has 1 aromatic heterocycles. The molecule has 0 amide bonds. The van der Waals surface area contributed by atoms with E-state index in [1.54, 1.807) is 12.4 Å². The zero-order chi connectivity index (χ0) is 15.2. The third-order valence-corrected chi connectivity index (χ3v) is 3.38. The third-order valence-electron chi connectivity index (χ3n) is 3.38. The van der Waals surface area contributed by atoms with E-state index in [1.165, 1.54) is 0 Å². The number of carbonyl (C=O) groups is 1. The van der Waals surface area contributed by atoms with Crippen molar-refractivity contribution in [2.75, 3.05) is 0 Å². The van der Waals surface area contributed by atoms with Gasteiger partial charge in [-0.3, -0.25) is 9.78 Å². The molecule has 0 bridgehead atoms. The van der Waals surface area contributed by atoms with Crippen LogP contribution in [0.25, 0.3) is 11.6 Å². The highest BCUT2D eigenvalue weighted by atomic mass is 16.1. The number of benzene rings is 2. The quantitative estimate of drug-likeness (QED) is 0.521. The summed E-state index contributed by atoms with van der Waals surface area (Å²) in [6.07, 6.45) is 5.36. The van der Waals surface area contributed by atoms with Crippen molar-refractivity contribution in [2.24, 2.45) is 0 Å². The van der Waals surface area contributed by atoms with Crippen LogP contribution in [0.5, 0.6) is 0 Å². The molecule has 0 unspecified atom stereocenters. The van der Waals surface area contributed by atoms with Crippen molar-refractivity contribution < 1.29 is 4.79 Å². The molecule has 22 heavy (non-hydrogen) atoms. The number of nitrogens with zero attached hydrogens (tertiary/aromatic N) is 1. The van der Waals surface area contributed by atoms with Crippen LogP contribution >= 0.6 is 0 Å². The molecule has 106 valence electrons. The molecule has 3 rings (SSSR count). The number of rotatable bonds is 4. The van der Waals surface area contributed by atoms with Crippen LogP contribution in [0.3, 0.4) is 0 Å². The lowest BCUT2D eigenvalue weighted by Gasteiger charge is -2.08. The van der Waals surface area contributed by atoms with E-state index in [-0.39, 0.29) is 5.78 Å². The van der Waals surface area contributed by atoms with Gasteiger partial charge in [-0.25, -0.2) is 0 Å². The molecule has 2 nitrogen and oxygen atoms in total. The fourth-order valence-electron chi connectivity index (χ4n) is 2.27. The molecule has 0 saturated carbocycles. The Morgan fingerprint density at radius 1 is 0.727 bits per heavy atom. The maximum atomic E-state index is 12.9. The molecule has 0 fully saturated rings. The predicted octanol–water partition coefficient (Wildman–Crippen LogP) is 4.51. The van der Waals surface area contributed by atoms with Crippen LogP contribution in [0, 0.1) is 0 Å². The van der Waals surface area contributed by atoms with Crippen LogP contribution in [0.4, 0.5) is 0 Å². The van der Waals surface area contributed by atoms with Gasteiger partial charge in [0.25, 0.3) is 0 Å². The maximum Gasteiger partial charge on any atom is 0.193 e. The maximum absolute atomic E-state index is 12.9. The highest BCUT2D eigenvalue weighted by molar-refractivity contribution is 6.32. The molecule has 0 atom stereocenters. The first-order chi connectivity index (χ1) is 10.8. The molecular formula is C20H15NO. The third kappa shape index (κ3) is 3.18. The minimum Gasteiger partial charge on any atom is -0.289 e. The average molecular weight is 285 g/mol. The summed E-state index contributed by atoms with van der Waals surface area (Å²) in [7, 11) is 0. The van der Waals surface area contributed by atoms with E-state index in [0.717, 1.165) is 11.1 Å². The molecule has 0 aliphatic rings. The zero-order valence-corrected chi connectivity index (χ0v) is 12.0. The van der Waals surface area contributed by atoms with Crippen LogP contribution in [0.15, 0.2) is 85.2 Å². The van der Waals surface area contributed by atoms with Gasteiger partial charge >= 0.3 is 0 Å². The number of ketones is 1. The first-order valence-corrected chi connectivity index (χ1v) is 7.11. The lowest BCUT2D eigenvalue weighted by atomic mass is 9.95. The number of hydrogen-bond donors (Lipinski definition) is 0. The number of aromatic nitrogens is 1. The van der Waals surface area contributed by atoms with Crippen LogP contribution in [-0.4, -0.2) is 10.8 Å². The summed E-state index contributed by atoms with van der Waals surface area (Å²) in [5.41, 5.74) is 3.23. The predicted molar refractivity (Wildman–Crippen MR) is 89.3 cm³/mol.